The summed E-state index contributed by atoms with van der Waals surface area (Å²) in [5.41, 5.74) is 1.61. The van der Waals surface area contributed by atoms with Crippen molar-refractivity contribution in [3.63, 3.8) is 0 Å². The Morgan fingerprint density at radius 1 is 1.33 bits per heavy atom. The second-order valence-corrected chi connectivity index (χ2v) is 12.0. The first kappa shape index (κ1) is 15.0. The molecule has 0 N–H and O–H groups in total. The summed E-state index contributed by atoms with van der Waals surface area (Å²) in [5, 5.41) is 0. The first-order chi connectivity index (χ1) is 8.07. The van der Waals surface area contributed by atoms with Gasteiger partial charge in [0.1, 0.15) is 5.76 Å². The Kier molecular flexibility index (Phi) is 4.40. The van der Waals surface area contributed by atoms with Crippen molar-refractivity contribution in [1.82, 2.24) is 0 Å². The fourth-order valence-electron chi connectivity index (χ4n) is 1.57. The Hall–Kier alpha value is -1.07. The summed E-state index contributed by atoms with van der Waals surface area (Å²) >= 11 is 0. The maximum Gasteiger partial charge on any atom is 0.242 e. The summed E-state index contributed by atoms with van der Waals surface area (Å²) in [4.78, 5) is 0. The van der Waals surface area contributed by atoms with Gasteiger partial charge in [-0.25, -0.2) is 8.42 Å². The molecule has 0 bridgehead atoms. The van der Waals surface area contributed by atoms with Gasteiger partial charge in [-0.3, -0.25) is 0 Å². The topological polar surface area (TPSA) is 43.4 Å². The summed E-state index contributed by atoms with van der Waals surface area (Å²) < 4.78 is 28.3. The molecule has 0 saturated heterocycles. The minimum Gasteiger partial charge on any atom is -0.544 e. The standard InChI is InChI=1S/C13H20O3SSi/c1-11(16-18(3,4)5)13-8-6-7-12(9-13)10-17(2,14)15/h6-9H,1,10H2,2-5H3. The van der Waals surface area contributed by atoms with E-state index >= 15 is 0 Å². The molecular formula is C13H20O3SSi. The molecule has 0 fully saturated rings. The van der Waals surface area contributed by atoms with Crippen LogP contribution in [0.5, 0.6) is 0 Å². The molecular weight excluding hydrogens is 264 g/mol. The maximum atomic E-state index is 11.3. The van der Waals surface area contributed by atoms with Crippen molar-refractivity contribution in [3.8, 4) is 0 Å². The number of hydrogen-bond acceptors (Lipinski definition) is 3. The summed E-state index contributed by atoms with van der Waals surface area (Å²) in [6, 6.07) is 7.33. The molecule has 0 aliphatic rings. The zero-order valence-electron chi connectivity index (χ0n) is 11.4. The SMILES string of the molecule is C=C(O[Si](C)(C)C)c1cccc(CS(C)(=O)=O)c1. The lowest BCUT2D eigenvalue weighted by Gasteiger charge is -2.21. The van der Waals surface area contributed by atoms with Crippen molar-refractivity contribution < 1.29 is 12.8 Å². The largest absolute Gasteiger partial charge is 0.544 e. The Bertz CT molecular complexity index is 542. The maximum absolute atomic E-state index is 11.3. The Labute approximate surface area is 111 Å². The molecule has 0 aliphatic heterocycles. The van der Waals surface area contributed by atoms with E-state index in [1.54, 1.807) is 6.07 Å². The van der Waals surface area contributed by atoms with E-state index in [2.05, 4.69) is 26.2 Å². The van der Waals surface area contributed by atoms with E-state index in [0.717, 1.165) is 11.1 Å². The molecule has 0 radical (unpaired) electrons. The normalized spacial score (nSPS) is 12.2. The van der Waals surface area contributed by atoms with Crippen LogP contribution in [0.15, 0.2) is 30.8 Å². The molecule has 0 spiro atoms. The highest BCUT2D eigenvalue weighted by atomic mass is 32.2. The van der Waals surface area contributed by atoms with Crippen molar-refractivity contribution in [3.05, 3.63) is 42.0 Å². The number of sulfone groups is 1. The molecule has 18 heavy (non-hydrogen) atoms. The van der Waals surface area contributed by atoms with Gasteiger partial charge in [0, 0.05) is 11.8 Å². The molecule has 100 valence electrons. The molecule has 1 aromatic rings. The van der Waals surface area contributed by atoms with E-state index in [0.29, 0.717) is 5.76 Å². The van der Waals surface area contributed by atoms with Crippen molar-refractivity contribution in [2.75, 3.05) is 6.26 Å². The van der Waals surface area contributed by atoms with Crippen molar-refractivity contribution in [2.24, 2.45) is 0 Å². The third-order valence-corrected chi connectivity index (χ3v) is 3.82. The minimum absolute atomic E-state index is 0.0427. The quantitative estimate of drug-likeness (QED) is 0.616. The summed E-state index contributed by atoms with van der Waals surface area (Å²) in [5.74, 6) is 0.658. The van der Waals surface area contributed by atoms with Crippen LogP contribution in [0.25, 0.3) is 5.76 Å². The highest BCUT2D eigenvalue weighted by Crippen LogP contribution is 2.20. The Morgan fingerprint density at radius 2 is 1.94 bits per heavy atom. The Balaban J connectivity index is 2.92. The van der Waals surface area contributed by atoms with Gasteiger partial charge in [-0.05, 0) is 31.3 Å². The summed E-state index contributed by atoms with van der Waals surface area (Å²) in [6.07, 6.45) is 1.23. The van der Waals surface area contributed by atoms with E-state index in [4.69, 9.17) is 4.43 Å². The van der Waals surface area contributed by atoms with Gasteiger partial charge in [0.25, 0.3) is 0 Å². The molecule has 1 aromatic carbocycles. The van der Waals surface area contributed by atoms with Crippen molar-refractivity contribution in [1.29, 1.82) is 0 Å². The van der Waals surface area contributed by atoms with Gasteiger partial charge in [0.05, 0.1) is 5.75 Å². The highest BCUT2D eigenvalue weighted by Gasteiger charge is 2.17. The van der Waals surface area contributed by atoms with Gasteiger partial charge >= 0.3 is 0 Å². The van der Waals surface area contributed by atoms with Crippen LogP contribution in [0.1, 0.15) is 11.1 Å². The van der Waals surface area contributed by atoms with E-state index in [9.17, 15) is 8.42 Å². The number of rotatable bonds is 5. The van der Waals surface area contributed by atoms with Gasteiger partial charge in [-0.1, -0.05) is 24.8 Å². The first-order valence-corrected chi connectivity index (χ1v) is 11.2. The molecule has 0 heterocycles. The smallest absolute Gasteiger partial charge is 0.242 e. The van der Waals surface area contributed by atoms with Crippen LogP contribution in [-0.2, 0) is 20.0 Å². The lowest BCUT2D eigenvalue weighted by atomic mass is 10.1. The third-order valence-electron chi connectivity index (χ3n) is 2.11. The van der Waals surface area contributed by atoms with Crippen LogP contribution in [0.3, 0.4) is 0 Å². The number of hydrogen-bond donors (Lipinski definition) is 0. The molecule has 0 saturated carbocycles. The lowest BCUT2D eigenvalue weighted by Crippen LogP contribution is -2.24. The zero-order chi connectivity index (χ0) is 14.0. The van der Waals surface area contributed by atoms with Crippen LogP contribution in [0, 0.1) is 0 Å². The van der Waals surface area contributed by atoms with E-state index < -0.39 is 18.2 Å². The van der Waals surface area contributed by atoms with Gasteiger partial charge in [0.2, 0.25) is 8.32 Å². The third kappa shape index (κ3) is 5.51. The summed E-state index contributed by atoms with van der Waals surface area (Å²) in [6.45, 7) is 10.2. The van der Waals surface area contributed by atoms with E-state index in [1.807, 2.05) is 18.2 Å². The fourth-order valence-corrected chi connectivity index (χ4v) is 3.21. The van der Waals surface area contributed by atoms with Crippen LogP contribution in [-0.4, -0.2) is 23.0 Å². The van der Waals surface area contributed by atoms with E-state index in [-0.39, 0.29) is 5.75 Å². The predicted octanol–water partition coefficient (Wildman–Crippen LogP) is 3.05. The minimum atomic E-state index is -3.02. The molecule has 0 amide bonds. The molecule has 0 atom stereocenters. The summed E-state index contributed by atoms with van der Waals surface area (Å²) in [7, 11) is -4.70. The van der Waals surface area contributed by atoms with Gasteiger partial charge in [0.15, 0.2) is 9.84 Å². The van der Waals surface area contributed by atoms with Crippen molar-refractivity contribution in [2.45, 2.75) is 25.4 Å². The monoisotopic (exact) mass is 284 g/mol. The van der Waals surface area contributed by atoms with Crippen LogP contribution in [0.2, 0.25) is 19.6 Å². The highest BCUT2D eigenvalue weighted by molar-refractivity contribution is 7.89. The molecule has 0 aromatic heterocycles. The van der Waals surface area contributed by atoms with Crippen LogP contribution >= 0.6 is 0 Å². The van der Waals surface area contributed by atoms with Gasteiger partial charge in [-0.2, -0.15) is 0 Å². The zero-order valence-corrected chi connectivity index (χ0v) is 13.2. The van der Waals surface area contributed by atoms with Crippen molar-refractivity contribution >= 4 is 23.9 Å². The Morgan fingerprint density at radius 3 is 2.44 bits per heavy atom. The number of benzene rings is 1. The molecule has 0 aliphatic carbocycles. The fraction of sp³-hybridized carbons (Fsp3) is 0.385. The molecule has 3 nitrogen and oxygen atoms in total. The second-order valence-electron chi connectivity index (χ2n) is 5.41. The van der Waals surface area contributed by atoms with Crippen LogP contribution in [0.4, 0.5) is 0 Å². The van der Waals surface area contributed by atoms with E-state index in [1.165, 1.54) is 6.26 Å². The van der Waals surface area contributed by atoms with Crippen LogP contribution < -0.4 is 0 Å². The average molecular weight is 284 g/mol. The van der Waals surface area contributed by atoms with Gasteiger partial charge < -0.3 is 4.43 Å². The molecule has 0 unspecified atom stereocenters. The lowest BCUT2D eigenvalue weighted by molar-refractivity contribution is 0.516. The predicted molar refractivity (Wildman–Crippen MR) is 78.5 cm³/mol. The second kappa shape index (κ2) is 5.28. The first-order valence-electron chi connectivity index (χ1n) is 5.72. The average Bonchev–Trinajstić information content (AvgIpc) is 2.12. The van der Waals surface area contributed by atoms with Gasteiger partial charge in [-0.15, -0.1) is 0 Å². The molecule has 5 heteroatoms. The molecule has 1 rings (SSSR count).